The fourth-order valence-corrected chi connectivity index (χ4v) is 3.54. The molecule has 0 aromatic heterocycles. The zero-order valence-electron chi connectivity index (χ0n) is 14.2. The Morgan fingerprint density at radius 3 is 2.08 bits per heavy atom. The molecule has 2 rings (SSSR count). The van der Waals surface area contributed by atoms with Gasteiger partial charge in [-0.05, 0) is 55.6 Å². The van der Waals surface area contributed by atoms with Crippen LogP contribution in [-0.4, -0.2) is 25.9 Å². The minimum atomic E-state index is 0.265. The Kier molecular flexibility index (Phi) is 7.28. The largest absolute Gasteiger partial charge is 0.487 e. The van der Waals surface area contributed by atoms with Crippen molar-refractivity contribution in [1.82, 2.24) is 0 Å². The smallest absolute Gasteiger partial charge is 0.170 e. The topological polar surface area (TPSA) is 104 Å². The summed E-state index contributed by atoms with van der Waals surface area (Å²) in [6.07, 6.45) is 0. The number of benzene rings is 2. The summed E-state index contributed by atoms with van der Waals surface area (Å²) >= 11 is 6.97. The number of nitrogens with zero attached hydrogens (tertiary/aromatic N) is 2. The molecular formula is C17H18Br2N4O3. The van der Waals surface area contributed by atoms with E-state index in [1.807, 2.05) is 24.3 Å². The lowest BCUT2D eigenvalue weighted by Crippen LogP contribution is -2.14. The van der Waals surface area contributed by atoms with Gasteiger partial charge in [0.1, 0.15) is 26.6 Å². The molecule has 4 N–H and O–H groups in total. The number of halogens is 2. The molecule has 0 fully saturated rings. The van der Waals surface area contributed by atoms with Gasteiger partial charge in [0.2, 0.25) is 0 Å². The van der Waals surface area contributed by atoms with Crippen LogP contribution in [0.2, 0.25) is 0 Å². The Hall–Kier alpha value is -2.26. The molecule has 0 aliphatic carbocycles. The third-order valence-electron chi connectivity index (χ3n) is 3.28. The van der Waals surface area contributed by atoms with E-state index in [4.69, 9.17) is 25.9 Å². The van der Waals surface area contributed by atoms with E-state index < -0.39 is 0 Å². The molecule has 0 amide bonds. The summed E-state index contributed by atoms with van der Waals surface area (Å²) in [5.74, 6) is 1.21. The summed E-state index contributed by atoms with van der Waals surface area (Å²) in [7, 11) is 2.88. The molecule has 0 saturated carbocycles. The molecule has 0 aliphatic heterocycles. The monoisotopic (exact) mass is 484 g/mol. The molecule has 26 heavy (non-hydrogen) atoms. The van der Waals surface area contributed by atoms with Crippen molar-refractivity contribution < 1.29 is 14.4 Å². The van der Waals surface area contributed by atoms with Crippen LogP contribution in [0.25, 0.3) is 0 Å². The molecule has 0 bridgehead atoms. The van der Waals surface area contributed by atoms with Crippen molar-refractivity contribution >= 4 is 43.5 Å². The third-order valence-corrected chi connectivity index (χ3v) is 4.46. The average molecular weight is 486 g/mol. The first-order chi connectivity index (χ1) is 12.5. The van der Waals surface area contributed by atoms with Crippen molar-refractivity contribution in [2.75, 3.05) is 14.2 Å². The number of ether oxygens (including phenoxy) is 1. The number of hydrogen-bond donors (Lipinski definition) is 2. The molecule has 0 radical (unpaired) electrons. The van der Waals surface area contributed by atoms with Gasteiger partial charge in [-0.3, -0.25) is 0 Å². The van der Waals surface area contributed by atoms with Crippen LogP contribution in [0.5, 0.6) is 5.75 Å². The van der Waals surface area contributed by atoms with Gasteiger partial charge >= 0.3 is 0 Å². The normalized spacial score (nSPS) is 12.0. The molecule has 0 spiro atoms. The number of rotatable bonds is 7. The van der Waals surface area contributed by atoms with Crippen molar-refractivity contribution in [3.8, 4) is 5.75 Å². The fourth-order valence-electron chi connectivity index (χ4n) is 2.12. The second-order valence-corrected chi connectivity index (χ2v) is 6.78. The van der Waals surface area contributed by atoms with E-state index >= 15 is 0 Å². The summed E-state index contributed by atoms with van der Waals surface area (Å²) in [6.45, 7) is 0.340. The third kappa shape index (κ3) is 5.12. The SMILES string of the molecule is CO/N=C(\N)c1cccc(COc2c(Br)cc(/C(N)=N/OC)cc2Br)c1. The number of hydrogen-bond acceptors (Lipinski definition) is 5. The highest BCUT2D eigenvalue weighted by molar-refractivity contribution is 9.11. The Labute approximate surface area is 168 Å². The first kappa shape index (κ1) is 20.1. The Balaban J connectivity index is 2.19. The minimum Gasteiger partial charge on any atom is -0.487 e. The molecule has 9 heteroatoms. The van der Waals surface area contributed by atoms with Crippen LogP contribution in [0.3, 0.4) is 0 Å². The van der Waals surface area contributed by atoms with Gasteiger partial charge in [-0.25, -0.2) is 0 Å². The zero-order chi connectivity index (χ0) is 19.1. The Bertz CT molecular complexity index is 818. The molecule has 2 aromatic rings. The van der Waals surface area contributed by atoms with Crippen molar-refractivity contribution in [2.24, 2.45) is 21.8 Å². The fraction of sp³-hybridized carbons (Fsp3) is 0.176. The van der Waals surface area contributed by atoms with Crippen LogP contribution in [0.1, 0.15) is 16.7 Å². The van der Waals surface area contributed by atoms with Gasteiger partial charge in [0.25, 0.3) is 0 Å². The zero-order valence-corrected chi connectivity index (χ0v) is 17.4. The first-order valence-corrected chi connectivity index (χ1v) is 8.99. The minimum absolute atomic E-state index is 0.265. The highest BCUT2D eigenvalue weighted by Gasteiger charge is 2.12. The van der Waals surface area contributed by atoms with Crippen molar-refractivity contribution in [3.05, 3.63) is 62.0 Å². The highest BCUT2D eigenvalue weighted by atomic mass is 79.9. The molecule has 0 unspecified atom stereocenters. The van der Waals surface area contributed by atoms with Gasteiger partial charge in [-0.2, -0.15) is 0 Å². The molecule has 0 aliphatic rings. The first-order valence-electron chi connectivity index (χ1n) is 7.41. The maximum Gasteiger partial charge on any atom is 0.170 e. The van der Waals surface area contributed by atoms with Gasteiger partial charge in [-0.1, -0.05) is 28.5 Å². The van der Waals surface area contributed by atoms with Crippen LogP contribution < -0.4 is 16.2 Å². The van der Waals surface area contributed by atoms with E-state index in [1.54, 1.807) is 12.1 Å². The lowest BCUT2D eigenvalue weighted by Gasteiger charge is -2.13. The van der Waals surface area contributed by atoms with Crippen molar-refractivity contribution in [2.45, 2.75) is 6.61 Å². The standard InChI is InChI=1S/C17H18Br2N4O3/c1-24-22-16(20)11-5-3-4-10(6-11)9-26-15-13(18)7-12(8-14(15)19)17(21)23-25-2/h3-8H,9H2,1-2H3,(H2,20,22)(H2,21,23). The summed E-state index contributed by atoms with van der Waals surface area (Å²) < 4.78 is 7.38. The molecule has 0 saturated heterocycles. The summed E-state index contributed by atoms with van der Waals surface area (Å²) in [4.78, 5) is 9.39. The molecule has 0 atom stereocenters. The Morgan fingerprint density at radius 1 is 0.923 bits per heavy atom. The van der Waals surface area contributed by atoms with Gasteiger partial charge in [0, 0.05) is 11.1 Å². The van der Waals surface area contributed by atoms with E-state index in [2.05, 4.69) is 42.2 Å². The van der Waals surface area contributed by atoms with Crippen LogP contribution in [0.4, 0.5) is 0 Å². The molecule has 7 nitrogen and oxygen atoms in total. The maximum atomic E-state index is 5.93. The molecule has 138 valence electrons. The summed E-state index contributed by atoms with van der Waals surface area (Å²) in [6, 6.07) is 11.1. The second kappa shape index (κ2) is 9.44. The number of oxime groups is 2. The summed E-state index contributed by atoms with van der Waals surface area (Å²) in [5, 5.41) is 7.45. The van der Waals surface area contributed by atoms with E-state index in [1.165, 1.54) is 14.2 Å². The van der Waals surface area contributed by atoms with E-state index in [9.17, 15) is 0 Å². The highest BCUT2D eigenvalue weighted by Crippen LogP contribution is 2.35. The van der Waals surface area contributed by atoms with E-state index in [0.29, 0.717) is 23.8 Å². The number of amidine groups is 2. The van der Waals surface area contributed by atoms with E-state index in [0.717, 1.165) is 20.1 Å². The van der Waals surface area contributed by atoms with Crippen LogP contribution in [-0.2, 0) is 16.3 Å². The molecule has 2 aromatic carbocycles. The summed E-state index contributed by atoms with van der Waals surface area (Å²) in [5.41, 5.74) is 14.1. The quantitative estimate of drug-likeness (QED) is 0.355. The second-order valence-electron chi connectivity index (χ2n) is 5.08. The lowest BCUT2D eigenvalue weighted by molar-refractivity contribution is 0.213. The predicted molar refractivity (Wildman–Crippen MR) is 108 cm³/mol. The van der Waals surface area contributed by atoms with E-state index in [-0.39, 0.29) is 5.84 Å². The Morgan fingerprint density at radius 2 is 1.50 bits per heavy atom. The predicted octanol–water partition coefficient (Wildman–Crippen LogP) is 3.32. The molecule has 0 heterocycles. The van der Waals surface area contributed by atoms with Gasteiger partial charge in [-0.15, -0.1) is 0 Å². The molecular weight excluding hydrogens is 468 g/mol. The van der Waals surface area contributed by atoms with Crippen molar-refractivity contribution in [1.29, 1.82) is 0 Å². The van der Waals surface area contributed by atoms with Gasteiger partial charge in [0.05, 0.1) is 8.95 Å². The maximum absolute atomic E-state index is 5.93. The number of nitrogens with two attached hydrogens (primary N) is 2. The van der Waals surface area contributed by atoms with Crippen LogP contribution in [0, 0.1) is 0 Å². The van der Waals surface area contributed by atoms with Gasteiger partial charge < -0.3 is 25.9 Å². The van der Waals surface area contributed by atoms with Crippen LogP contribution in [0.15, 0.2) is 55.7 Å². The van der Waals surface area contributed by atoms with Gasteiger partial charge in [0.15, 0.2) is 11.7 Å². The average Bonchev–Trinajstić information content (AvgIpc) is 2.61. The van der Waals surface area contributed by atoms with Crippen LogP contribution >= 0.6 is 31.9 Å². The lowest BCUT2D eigenvalue weighted by atomic mass is 10.1. The van der Waals surface area contributed by atoms with Crippen molar-refractivity contribution in [3.63, 3.8) is 0 Å².